The highest BCUT2D eigenvalue weighted by atomic mass is 35.5. The number of halogens is 1. The van der Waals surface area contributed by atoms with Gasteiger partial charge in [-0.2, -0.15) is 5.26 Å². The maximum absolute atomic E-state index is 11.7. The molecule has 0 radical (unpaired) electrons. The van der Waals surface area contributed by atoms with Gasteiger partial charge in [0.25, 0.3) is 0 Å². The highest BCUT2D eigenvalue weighted by molar-refractivity contribution is 6.31. The molecule has 0 heterocycles. The number of esters is 1. The predicted molar refractivity (Wildman–Crippen MR) is 70.2 cm³/mol. The smallest absolute Gasteiger partial charge is 0.338 e. The quantitative estimate of drug-likeness (QED) is 0.671. The first-order valence-electron chi connectivity index (χ1n) is 5.48. The lowest BCUT2D eigenvalue weighted by Gasteiger charge is -2.14. The van der Waals surface area contributed by atoms with Gasteiger partial charge in [-0.25, -0.2) is 4.79 Å². The fraction of sp³-hybridized carbons (Fsp3) is 0.385. The fourth-order valence-electron chi connectivity index (χ4n) is 1.27. The topological polar surface area (TPSA) is 76.1 Å². The molecule has 4 nitrogen and oxygen atoms in total. The van der Waals surface area contributed by atoms with Crippen LogP contribution in [0.4, 0.5) is 5.69 Å². The van der Waals surface area contributed by atoms with Crippen LogP contribution in [-0.2, 0) is 4.74 Å². The molecule has 1 aromatic carbocycles. The van der Waals surface area contributed by atoms with Gasteiger partial charge < -0.3 is 10.5 Å². The zero-order valence-electron chi connectivity index (χ0n) is 10.4. The van der Waals surface area contributed by atoms with Crippen LogP contribution in [0.5, 0.6) is 0 Å². The van der Waals surface area contributed by atoms with Gasteiger partial charge in [-0.3, -0.25) is 0 Å². The van der Waals surface area contributed by atoms with Crippen molar-refractivity contribution < 1.29 is 9.53 Å². The predicted octanol–water partition coefficient (Wildman–Crippen LogP) is 3.02. The van der Waals surface area contributed by atoms with E-state index in [1.54, 1.807) is 19.9 Å². The minimum absolute atomic E-state index is 0.186. The van der Waals surface area contributed by atoms with Crippen LogP contribution in [0.1, 0.15) is 30.6 Å². The molecule has 0 unspecified atom stereocenters. The number of carbonyl (C=O) groups is 1. The lowest BCUT2D eigenvalue weighted by molar-refractivity contribution is 0.0475. The van der Waals surface area contributed by atoms with Crippen molar-refractivity contribution in [3.8, 4) is 6.07 Å². The fourth-order valence-corrected chi connectivity index (χ4v) is 1.51. The van der Waals surface area contributed by atoms with E-state index < -0.39 is 11.4 Å². The summed E-state index contributed by atoms with van der Waals surface area (Å²) >= 11 is 5.79. The van der Waals surface area contributed by atoms with Crippen molar-refractivity contribution in [2.24, 2.45) is 5.41 Å². The third kappa shape index (κ3) is 4.27. The summed E-state index contributed by atoms with van der Waals surface area (Å²) in [6.45, 7) is 3.77. The standard InChI is InChI=1S/C13H15ClN2O2/c1-13(2,8-15)3-4-18-12(17)9-5-10(14)7-11(16)6-9/h5-7H,3-4,16H2,1-2H3. The Hall–Kier alpha value is -1.73. The zero-order chi connectivity index (χ0) is 13.8. The summed E-state index contributed by atoms with van der Waals surface area (Å²) in [4.78, 5) is 11.7. The van der Waals surface area contributed by atoms with E-state index in [1.807, 2.05) is 0 Å². The van der Waals surface area contributed by atoms with Crippen LogP contribution in [0.25, 0.3) is 0 Å². The van der Waals surface area contributed by atoms with Gasteiger partial charge in [-0.15, -0.1) is 0 Å². The SMILES string of the molecule is CC(C)(C#N)CCOC(=O)c1cc(N)cc(Cl)c1. The van der Waals surface area contributed by atoms with Gasteiger partial charge in [0.15, 0.2) is 0 Å². The number of benzene rings is 1. The number of nitriles is 1. The second-order valence-electron chi connectivity index (χ2n) is 4.65. The van der Waals surface area contributed by atoms with E-state index in [2.05, 4.69) is 6.07 Å². The van der Waals surface area contributed by atoms with E-state index in [0.29, 0.717) is 22.7 Å². The molecule has 0 atom stereocenters. The van der Waals surface area contributed by atoms with Crippen LogP contribution in [0.2, 0.25) is 5.02 Å². The molecule has 0 aliphatic rings. The summed E-state index contributed by atoms with van der Waals surface area (Å²) in [6.07, 6.45) is 0.477. The molecule has 1 rings (SSSR count). The lowest BCUT2D eigenvalue weighted by atomic mass is 9.92. The Balaban J connectivity index is 2.59. The van der Waals surface area contributed by atoms with Crippen molar-refractivity contribution in [2.45, 2.75) is 20.3 Å². The molecule has 5 heteroatoms. The third-order valence-electron chi connectivity index (χ3n) is 2.42. The maximum atomic E-state index is 11.7. The first kappa shape index (κ1) is 14.3. The molecule has 0 bridgehead atoms. The minimum atomic E-state index is -0.506. The Bertz CT molecular complexity index is 472. The van der Waals surface area contributed by atoms with E-state index in [-0.39, 0.29) is 6.61 Å². The Morgan fingerprint density at radius 2 is 2.17 bits per heavy atom. The second-order valence-corrected chi connectivity index (χ2v) is 5.09. The Morgan fingerprint density at radius 3 is 2.72 bits per heavy atom. The van der Waals surface area contributed by atoms with Gasteiger partial charge in [-0.1, -0.05) is 11.6 Å². The Kier molecular flexibility index (Phi) is 4.57. The highest BCUT2D eigenvalue weighted by Gasteiger charge is 2.17. The number of carbonyl (C=O) groups excluding carboxylic acids is 1. The summed E-state index contributed by atoms with van der Waals surface area (Å²) in [5.41, 5.74) is 5.80. The number of nitrogens with zero attached hydrogens (tertiary/aromatic N) is 1. The monoisotopic (exact) mass is 266 g/mol. The molecule has 0 saturated carbocycles. The molecular weight excluding hydrogens is 252 g/mol. The summed E-state index contributed by atoms with van der Waals surface area (Å²) in [7, 11) is 0. The second kappa shape index (κ2) is 5.74. The molecule has 2 N–H and O–H groups in total. The molecule has 0 spiro atoms. The normalized spacial score (nSPS) is 10.8. The maximum Gasteiger partial charge on any atom is 0.338 e. The highest BCUT2D eigenvalue weighted by Crippen LogP contribution is 2.20. The van der Waals surface area contributed by atoms with Crippen LogP contribution in [0.3, 0.4) is 0 Å². The Labute approximate surface area is 111 Å². The molecular formula is C13H15ClN2O2. The van der Waals surface area contributed by atoms with Gasteiger partial charge in [0.05, 0.1) is 23.7 Å². The van der Waals surface area contributed by atoms with Crippen molar-refractivity contribution in [1.82, 2.24) is 0 Å². The summed E-state index contributed by atoms with van der Waals surface area (Å²) in [5, 5.41) is 9.21. The largest absolute Gasteiger partial charge is 0.462 e. The zero-order valence-corrected chi connectivity index (χ0v) is 11.1. The molecule has 0 aromatic heterocycles. The van der Waals surface area contributed by atoms with Gasteiger partial charge in [0, 0.05) is 10.7 Å². The molecule has 0 amide bonds. The van der Waals surface area contributed by atoms with Crippen molar-refractivity contribution >= 4 is 23.3 Å². The number of anilines is 1. The molecule has 0 aliphatic carbocycles. The van der Waals surface area contributed by atoms with Crippen molar-refractivity contribution in [2.75, 3.05) is 12.3 Å². The van der Waals surface area contributed by atoms with Gasteiger partial charge in [-0.05, 0) is 38.5 Å². The molecule has 96 valence electrons. The minimum Gasteiger partial charge on any atom is -0.462 e. The lowest BCUT2D eigenvalue weighted by Crippen LogP contribution is -2.14. The van der Waals surface area contributed by atoms with E-state index in [4.69, 9.17) is 27.3 Å². The average molecular weight is 267 g/mol. The van der Waals surface area contributed by atoms with Crippen molar-refractivity contribution in [3.63, 3.8) is 0 Å². The molecule has 0 aliphatic heterocycles. The van der Waals surface area contributed by atoms with Crippen LogP contribution in [-0.4, -0.2) is 12.6 Å². The number of rotatable bonds is 4. The van der Waals surface area contributed by atoms with Crippen LogP contribution < -0.4 is 5.73 Å². The number of hydrogen-bond acceptors (Lipinski definition) is 4. The number of hydrogen-bond donors (Lipinski definition) is 1. The molecule has 1 aromatic rings. The van der Waals surface area contributed by atoms with E-state index in [1.165, 1.54) is 12.1 Å². The van der Waals surface area contributed by atoms with Crippen molar-refractivity contribution in [3.05, 3.63) is 28.8 Å². The van der Waals surface area contributed by atoms with Crippen LogP contribution in [0, 0.1) is 16.7 Å². The van der Waals surface area contributed by atoms with Gasteiger partial charge >= 0.3 is 5.97 Å². The van der Waals surface area contributed by atoms with Crippen LogP contribution >= 0.6 is 11.6 Å². The Morgan fingerprint density at radius 1 is 1.50 bits per heavy atom. The van der Waals surface area contributed by atoms with Crippen molar-refractivity contribution in [1.29, 1.82) is 5.26 Å². The summed E-state index contributed by atoms with van der Waals surface area (Å²) < 4.78 is 5.07. The van der Waals surface area contributed by atoms with Gasteiger partial charge in [0.2, 0.25) is 0 Å². The summed E-state index contributed by atoms with van der Waals surface area (Å²) in [6, 6.07) is 6.69. The number of nitrogen functional groups attached to an aromatic ring is 1. The van der Waals surface area contributed by atoms with E-state index in [0.717, 1.165) is 0 Å². The first-order chi connectivity index (χ1) is 8.34. The average Bonchev–Trinajstić information content (AvgIpc) is 2.27. The number of ether oxygens (including phenoxy) is 1. The first-order valence-corrected chi connectivity index (χ1v) is 5.86. The molecule has 0 fully saturated rings. The van der Waals surface area contributed by atoms with E-state index in [9.17, 15) is 4.79 Å². The van der Waals surface area contributed by atoms with Gasteiger partial charge in [0.1, 0.15) is 0 Å². The molecule has 0 saturated heterocycles. The van der Waals surface area contributed by atoms with E-state index >= 15 is 0 Å². The summed E-state index contributed by atoms with van der Waals surface area (Å²) in [5.74, 6) is -0.488. The molecule has 18 heavy (non-hydrogen) atoms. The van der Waals surface area contributed by atoms with Crippen LogP contribution in [0.15, 0.2) is 18.2 Å². The third-order valence-corrected chi connectivity index (χ3v) is 2.64. The number of nitrogens with two attached hydrogens (primary N) is 1.